The van der Waals surface area contributed by atoms with Gasteiger partial charge in [0.1, 0.15) is 0 Å². The van der Waals surface area contributed by atoms with E-state index in [0.29, 0.717) is 22.9 Å². The van der Waals surface area contributed by atoms with Crippen molar-refractivity contribution in [2.24, 2.45) is 0 Å². The molecule has 0 saturated heterocycles. The Bertz CT molecular complexity index is 1090. The van der Waals surface area contributed by atoms with Crippen molar-refractivity contribution in [1.82, 2.24) is 10.3 Å². The van der Waals surface area contributed by atoms with Gasteiger partial charge in [-0.1, -0.05) is 36.4 Å². The summed E-state index contributed by atoms with van der Waals surface area (Å²) in [6.07, 6.45) is 3.25. The molecule has 27 heavy (non-hydrogen) atoms. The number of carbonyl (C=O) groups is 2. The molecular weight excluding hydrogens is 342 g/mol. The second-order valence-electron chi connectivity index (χ2n) is 6.54. The van der Waals surface area contributed by atoms with E-state index >= 15 is 0 Å². The molecule has 0 fully saturated rings. The third-order valence-electron chi connectivity index (χ3n) is 4.87. The van der Waals surface area contributed by atoms with Gasteiger partial charge in [0.15, 0.2) is 0 Å². The fourth-order valence-corrected chi connectivity index (χ4v) is 3.54. The number of carbonyl (C=O) groups excluding carboxylic acids is 2. The molecule has 2 aromatic carbocycles. The van der Waals surface area contributed by atoms with Crippen LogP contribution >= 0.6 is 0 Å². The van der Waals surface area contributed by atoms with E-state index in [2.05, 4.69) is 10.3 Å². The minimum Gasteiger partial charge on any atom is -0.343 e. The Labute approximate surface area is 155 Å². The standard InChI is InChI=1S/C21H19N3O3/c25-19(24-11-5-7-14-6-1-4-10-18(14)24)13-23-21(27)17-12-22-20(26)16-9-3-2-8-15(16)17/h1-4,6,8-10,12H,5,7,11,13H2,(H,22,26)(H,23,27). The lowest BCUT2D eigenvalue weighted by Gasteiger charge is -2.29. The van der Waals surface area contributed by atoms with Gasteiger partial charge in [-0.05, 0) is 30.5 Å². The van der Waals surface area contributed by atoms with Gasteiger partial charge in [-0.3, -0.25) is 14.4 Å². The third kappa shape index (κ3) is 3.21. The number of H-pyrrole nitrogens is 1. The first-order chi connectivity index (χ1) is 13.1. The van der Waals surface area contributed by atoms with Gasteiger partial charge >= 0.3 is 0 Å². The highest BCUT2D eigenvalue weighted by atomic mass is 16.2. The Kier molecular flexibility index (Phi) is 4.46. The van der Waals surface area contributed by atoms with E-state index in [1.807, 2.05) is 24.3 Å². The molecule has 1 aliphatic rings. The molecule has 0 aliphatic carbocycles. The monoisotopic (exact) mass is 361 g/mol. The molecule has 1 aromatic heterocycles. The van der Waals surface area contributed by atoms with Crippen molar-refractivity contribution in [2.45, 2.75) is 12.8 Å². The molecule has 1 aliphatic heterocycles. The van der Waals surface area contributed by atoms with Crippen LogP contribution in [0, 0.1) is 0 Å². The van der Waals surface area contributed by atoms with Crippen LogP contribution in [0.4, 0.5) is 5.69 Å². The molecule has 2 heterocycles. The molecule has 0 spiro atoms. The molecule has 6 heteroatoms. The lowest BCUT2D eigenvalue weighted by atomic mass is 10.0. The predicted octanol–water partition coefficient (Wildman–Crippen LogP) is 2.24. The van der Waals surface area contributed by atoms with Crippen LogP contribution in [0.5, 0.6) is 0 Å². The van der Waals surface area contributed by atoms with Crippen molar-refractivity contribution < 1.29 is 9.59 Å². The highest BCUT2D eigenvalue weighted by molar-refractivity contribution is 6.08. The number of nitrogens with zero attached hydrogens (tertiary/aromatic N) is 1. The van der Waals surface area contributed by atoms with Crippen molar-refractivity contribution in [3.63, 3.8) is 0 Å². The van der Waals surface area contributed by atoms with E-state index < -0.39 is 0 Å². The molecule has 0 unspecified atom stereocenters. The first-order valence-corrected chi connectivity index (χ1v) is 8.92. The Morgan fingerprint density at radius 1 is 1.04 bits per heavy atom. The summed E-state index contributed by atoms with van der Waals surface area (Å²) in [6.45, 7) is 0.550. The molecule has 2 N–H and O–H groups in total. The number of benzene rings is 2. The number of rotatable bonds is 3. The van der Waals surface area contributed by atoms with Crippen LogP contribution in [-0.4, -0.2) is 29.9 Å². The average molecular weight is 361 g/mol. The molecule has 0 bridgehead atoms. The van der Waals surface area contributed by atoms with E-state index in [9.17, 15) is 14.4 Å². The normalized spacial score (nSPS) is 13.3. The molecule has 6 nitrogen and oxygen atoms in total. The summed E-state index contributed by atoms with van der Waals surface area (Å²) in [5.41, 5.74) is 2.16. The topological polar surface area (TPSA) is 82.3 Å². The first-order valence-electron chi connectivity index (χ1n) is 8.92. The summed E-state index contributed by atoms with van der Waals surface area (Å²) < 4.78 is 0. The number of para-hydroxylation sites is 1. The minimum atomic E-state index is -0.388. The maximum absolute atomic E-state index is 12.7. The highest BCUT2D eigenvalue weighted by Gasteiger charge is 2.22. The number of fused-ring (bicyclic) bond motifs is 2. The summed E-state index contributed by atoms with van der Waals surface area (Å²) in [5, 5.41) is 3.70. The van der Waals surface area contributed by atoms with Gasteiger partial charge in [-0.15, -0.1) is 0 Å². The number of aromatic nitrogens is 1. The van der Waals surface area contributed by atoms with Gasteiger partial charge in [0.2, 0.25) is 5.91 Å². The number of amides is 2. The smallest absolute Gasteiger partial charge is 0.255 e. The Hall–Kier alpha value is -3.41. The zero-order valence-corrected chi connectivity index (χ0v) is 14.7. The van der Waals surface area contributed by atoms with E-state index in [-0.39, 0.29) is 23.9 Å². The maximum Gasteiger partial charge on any atom is 0.255 e. The molecular formula is C21H19N3O3. The van der Waals surface area contributed by atoms with Crippen LogP contribution in [0.3, 0.4) is 0 Å². The lowest BCUT2D eigenvalue weighted by molar-refractivity contribution is -0.117. The van der Waals surface area contributed by atoms with E-state index in [1.165, 1.54) is 6.20 Å². The number of aryl methyl sites for hydroxylation is 1. The van der Waals surface area contributed by atoms with Crippen LogP contribution in [0.1, 0.15) is 22.3 Å². The van der Waals surface area contributed by atoms with Crippen molar-refractivity contribution in [3.8, 4) is 0 Å². The zero-order chi connectivity index (χ0) is 18.8. The van der Waals surface area contributed by atoms with Gasteiger partial charge in [-0.2, -0.15) is 0 Å². The Morgan fingerprint density at radius 2 is 1.78 bits per heavy atom. The predicted molar refractivity (Wildman–Crippen MR) is 104 cm³/mol. The summed E-state index contributed by atoms with van der Waals surface area (Å²) in [5.74, 6) is -0.537. The van der Waals surface area contributed by atoms with Crippen LogP contribution in [-0.2, 0) is 11.2 Å². The number of hydrogen-bond acceptors (Lipinski definition) is 3. The fraction of sp³-hybridized carbons (Fsp3) is 0.190. The number of hydrogen-bond donors (Lipinski definition) is 2. The molecule has 2 amide bonds. The van der Waals surface area contributed by atoms with Crippen molar-refractivity contribution in [1.29, 1.82) is 0 Å². The molecule has 0 radical (unpaired) electrons. The highest BCUT2D eigenvalue weighted by Crippen LogP contribution is 2.26. The van der Waals surface area contributed by atoms with Crippen molar-refractivity contribution in [3.05, 3.63) is 76.2 Å². The number of anilines is 1. The van der Waals surface area contributed by atoms with Gasteiger partial charge < -0.3 is 15.2 Å². The van der Waals surface area contributed by atoms with Crippen molar-refractivity contribution in [2.75, 3.05) is 18.0 Å². The molecule has 0 saturated carbocycles. The quantitative estimate of drug-likeness (QED) is 0.751. The Balaban J connectivity index is 1.52. The van der Waals surface area contributed by atoms with Crippen LogP contribution < -0.4 is 15.8 Å². The van der Waals surface area contributed by atoms with Crippen molar-refractivity contribution >= 4 is 28.3 Å². The van der Waals surface area contributed by atoms with Gasteiger partial charge in [0.25, 0.3) is 11.5 Å². The zero-order valence-electron chi connectivity index (χ0n) is 14.7. The van der Waals surface area contributed by atoms with Crippen LogP contribution in [0.15, 0.2) is 59.5 Å². The number of pyridine rings is 1. The van der Waals surface area contributed by atoms with Crippen LogP contribution in [0.2, 0.25) is 0 Å². The summed E-state index contributed by atoms with van der Waals surface area (Å²) in [4.78, 5) is 41.5. The SMILES string of the molecule is O=C(NCC(=O)N1CCCc2ccccc21)c1c[nH]c(=O)c2ccccc12. The molecule has 3 aromatic rings. The van der Waals surface area contributed by atoms with E-state index in [1.54, 1.807) is 29.2 Å². The van der Waals surface area contributed by atoms with Gasteiger partial charge in [0, 0.05) is 29.2 Å². The van der Waals surface area contributed by atoms with E-state index in [0.717, 1.165) is 24.1 Å². The number of nitrogens with one attached hydrogen (secondary N) is 2. The maximum atomic E-state index is 12.7. The van der Waals surface area contributed by atoms with Gasteiger partial charge in [-0.25, -0.2) is 0 Å². The number of aromatic amines is 1. The molecule has 4 rings (SSSR count). The summed E-state index contributed by atoms with van der Waals surface area (Å²) >= 11 is 0. The molecule has 0 atom stereocenters. The Morgan fingerprint density at radius 3 is 2.63 bits per heavy atom. The largest absolute Gasteiger partial charge is 0.343 e. The second kappa shape index (κ2) is 7.07. The fourth-order valence-electron chi connectivity index (χ4n) is 3.54. The summed E-state index contributed by atoms with van der Waals surface area (Å²) in [7, 11) is 0. The van der Waals surface area contributed by atoms with Crippen LogP contribution in [0.25, 0.3) is 10.8 Å². The van der Waals surface area contributed by atoms with E-state index in [4.69, 9.17) is 0 Å². The average Bonchev–Trinajstić information content (AvgIpc) is 2.72. The third-order valence-corrected chi connectivity index (χ3v) is 4.87. The minimum absolute atomic E-state index is 0.0966. The van der Waals surface area contributed by atoms with Gasteiger partial charge in [0.05, 0.1) is 12.1 Å². The first kappa shape index (κ1) is 17.0. The second-order valence-corrected chi connectivity index (χ2v) is 6.54. The lowest BCUT2D eigenvalue weighted by Crippen LogP contribution is -2.42. The molecule has 136 valence electrons. The summed E-state index contributed by atoms with van der Waals surface area (Å²) in [6, 6.07) is 14.8.